The average molecular weight is 1550 g/mol. The van der Waals surface area contributed by atoms with E-state index in [1.807, 2.05) is 0 Å². The molecule has 2 amide bonds. The molecule has 104 heavy (non-hydrogen) atoms. The van der Waals surface area contributed by atoms with Crippen LogP contribution in [0, 0.1) is 35.1 Å². The third kappa shape index (κ3) is 13.5. The minimum atomic E-state index is -5.08. The molecule has 0 saturated heterocycles. The Kier molecular flexibility index (Phi) is 17.7. The number of nitrogens with one attached hydrogen (secondary N) is 4. The Labute approximate surface area is 584 Å². The number of rotatable bonds is 18. The Morgan fingerprint density at radius 3 is 1.23 bits per heavy atom. The molecule has 4 aliphatic rings. The van der Waals surface area contributed by atoms with Crippen LogP contribution in [0.25, 0.3) is 33.2 Å². The molecule has 0 unspecified atom stereocenters. The van der Waals surface area contributed by atoms with Crippen molar-refractivity contribution < 1.29 is 87.9 Å². The molecule has 4 N–H and O–H groups in total. The van der Waals surface area contributed by atoms with Gasteiger partial charge in [-0.2, -0.15) is 64.3 Å². The van der Waals surface area contributed by atoms with Crippen molar-refractivity contribution in [3.8, 4) is 11.4 Å². The van der Waals surface area contributed by atoms with Crippen LogP contribution in [-0.2, 0) is 93.9 Å². The number of aryl methyl sites for hydroxylation is 2. The van der Waals surface area contributed by atoms with Crippen molar-refractivity contribution in [2.75, 3.05) is 22.0 Å². The number of nitrogens with zero attached hydrogens (tertiary/aromatic N) is 12. The summed E-state index contributed by atoms with van der Waals surface area (Å²) in [6, 6.07) is 9.38. The second-order valence-corrected chi connectivity index (χ2v) is 29.4. The van der Waals surface area contributed by atoms with Crippen LogP contribution in [0.15, 0.2) is 94.8 Å². The van der Waals surface area contributed by atoms with Crippen LogP contribution in [0.4, 0.5) is 73.1 Å². The van der Waals surface area contributed by atoms with Gasteiger partial charge in [0, 0.05) is 86.6 Å². The van der Waals surface area contributed by atoms with Crippen molar-refractivity contribution in [1.29, 1.82) is 0 Å². The number of sulfonamides is 2. The van der Waals surface area contributed by atoms with E-state index in [9.17, 15) is 79.9 Å². The van der Waals surface area contributed by atoms with Gasteiger partial charge in [-0.25, -0.2) is 44.4 Å². The highest BCUT2D eigenvalue weighted by atomic mass is 35.5. The van der Waals surface area contributed by atoms with E-state index in [2.05, 4.69) is 50.4 Å². The van der Waals surface area contributed by atoms with Crippen molar-refractivity contribution in [1.82, 2.24) is 68.9 Å². The van der Waals surface area contributed by atoms with E-state index in [1.54, 1.807) is 0 Å². The highest BCUT2D eigenvalue weighted by Crippen LogP contribution is 2.70. The van der Waals surface area contributed by atoms with Gasteiger partial charge in [0.05, 0.1) is 67.8 Å². The smallest absolute Gasteiger partial charge is 0.344 e. The van der Waals surface area contributed by atoms with Gasteiger partial charge in [0.25, 0.3) is 23.0 Å². The molecule has 0 bridgehead atoms. The Hall–Kier alpha value is -9.96. The maximum Gasteiger partial charge on any atom is 0.435 e. The SMILES string of the molecule is Cn1nc(NS(C)(=O)=O)c2c(Cl)ccc(-n3c([C@@H](Cc4cc(F)cc(F)c4)NC(=O)Cn4nc(C(F)(F)F)c5c4C(F)(F)[C@@H]4C[C@H]54)nccc3=O)c21.Cn1nc(NS(C)(=O)=O)c2c(Cl)ccc(-n3c([C@H](Cc4cc(F)cc(F)c4)NC(=O)Cn4nc(C(F)(F)F)c5c4C(F)(F)[C@@H]4C[C@H]54)nccc3=O)c21. The number of carbonyl (C=O) groups excluding carboxylic acids is 2. The predicted molar refractivity (Wildman–Crippen MR) is 341 cm³/mol. The summed E-state index contributed by atoms with van der Waals surface area (Å²) in [6.07, 6.45) is -7.54. The zero-order chi connectivity index (χ0) is 75.3. The fourth-order valence-corrected chi connectivity index (χ4v) is 15.1. The van der Waals surface area contributed by atoms with Gasteiger partial charge in [-0.05, 0) is 84.3 Å². The van der Waals surface area contributed by atoms with Crippen LogP contribution in [0.2, 0.25) is 10.0 Å². The molecule has 24 nitrogen and oxygen atoms in total. The summed E-state index contributed by atoms with van der Waals surface area (Å²) in [5.41, 5.74) is -7.82. The third-order valence-electron chi connectivity index (χ3n) is 17.6. The van der Waals surface area contributed by atoms with Crippen LogP contribution in [0.5, 0.6) is 0 Å². The summed E-state index contributed by atoms with van der Waals surface area (Å²) in [6.45, 7) is -2.24. The molecule has 2 fully saturated rings. The lowest BCUT2D eigenvalue weighted by Gasteiger charge is -2.23. The van der Waals surface area contributed by atoms with Crippen LogP contribution >= 0.6 is 23.2 Å². The number of hydrogen-bond acceptors (Lipinski definition) is 14. The Morgan fingerprint density at radius 2 is 0.904 bits per heavy atom. The van der Waals surface area contributed by atoms with Crippen molar-refractivity contribution >= 4 is 88.5 Å². The van der Waals surface area contributed by atoms with Gasteiger partial charge in [0.2, 0.25) is 31.9 Å². The fourth-order valence-electron chi connectivity index (χ4n) is 13.7. The zero-order valence-corrected chi connectivity index (χ0v) is 56.4. The summed E-state index contributed by atoms with van der Waals surface area (Å²) < 4.78 is 259. The van der Waals surface area contributed by atoms with E-state index in [1.165, 1.54) is 47.7 Å². The lowest BCUT2D eigenvalue weighted by Crippen LogP contribution is -2.38. The first-order valence-electron chi connectivity index (χ1n) is 30.5. The number of hydrogen-bond donors (Lipinski definition) is 4. The van der Waals surface area contributed by atoms with Gasteiger partial charge < -0.3 is 10.6 Å². The number of benzene rings is 4. The number of aromatic nitrogens is 12. The molecule has 4 aliphatic carbocycles. The van der Waals surface area contributed by atoms with Crippen molar-refractivity contribution in [2.24, 2.45) is 25.9 Å². The molecule has 42 heteroatoms. The molecule has 548 valence electrons. The predicted octanol–water partition coefficient (Wildman–Crippen LogP) is 9.89. The quantitative estimate of drug-likeness (QED) is 0.0582. The number of carbonyl (C=O) groups is 2. The van der Waals surface area contributed by atoms with Crippen molar-refractivity contribution in [2.45, 2.75) is 86.9 Å². The molecule has 14 rings (SSSR count). The summed E-state index contributed by atoms with van der Waals surface area (Å²) in [5.74, 6) is -19.4. The van der Waals surface area contributed by atoms with Crippen molar-refractivity contribution in [3.05, 3.63) is 196 Å². The number of alkyl halides is 10. The first-order valence-corrected chi connectivity index (χ1v) is 35.1. The molecular formula is C62H48Cl2F14N16O8S2. The molecule has 2 saturated carbocycles. The molecule has 0 radical (unpaired) electrons. The van der Waals surface area contributed by atoms with Crippen molar-refractivity contribution in [3.63, 3.8) is 0 Å². The Morgan fingerprint density at radius 1 is 0.558 bits per heavy atom. The molecule has 6 heterocycles. The second kappa shape index (κ2) is 25.4. The molecule has 6 atom stereocenters. The highest BCUT2D eigenvalue weighted by Gasteiger charge is 2.69. The van der Waals surface area contributed by atoms with E-state index in [4.69, 9.17) is 23.2 Å². The van der Waals surface area contributed by atoms with Crippen LogP contribution in [0.3, 0.4) is 0 Å². The monoisotopic (exact) mass is 1540 g/mol. The van der Waals surface area contributed by atoms with Crippen LogP contribution in [-0.4, -0.2) is 99.4 Å². The van der Waals surface area contributed by atoms with Gasteiger partial charge in [0.15, 0.2) is 23.0 Å². The molecule has 4 aromatic carbocycles. The lowest BCUT2D eigenvalue weighted by atomic mass is 10.0. The Bertz CT molecular complexity index is 5260. The first kappa shape index (κ1) is 72.4. The Balaban J connectivity index is 0.000000185. The first-order chi connectivity index (χ1) is 48.5. The highest BCUT2D eigenvalue weighted by molar-refractivity contribution is 7.92. The minimum absolute atomic E-state index is 0.00676. The minimum Gasteiger partial charge on any atom is -0.344 e. The summed E-state index contributed by atoms with van der Waals surface area (Å²) >= 11 is 12.9. The van der Waals surface area contributed by atoms with Gasteiger partial charge in [-0.15, -0.1) is 0 Å². The second-order valence-electron chi connectivity index (χ2n) is 25.1. The molecule has 10 aromatic rings. The van der Waals surface area contributed by atoms with Gasteiger partial charge >= 0.3 is 12.4 Å². The van der Waals surface area contributed by atoms with E-state index < -0.39 is 186 Å². The van der Waals surface area contributed by atoms with Crippen LogP contribution < -0.4 is 31.2 Å². The third-order valence-corrected chi connectivity index (χ3v) is 19.4. The van der Waals surface area contributed by atoms with E-state index in [-0.39, 0.29) is 90.5 Å². The standard InChI is InChI=1S/2C31H24ClF7N8O4S/c2*1-45-25-20(4-3-18(32)24(25)28(43-45)44-52(2,50)51)47-22(49)5-6-40-29(47)19(9-13-7-14(33)10-15(34)8-13)41-21(48)12-46-27-23(26(42-46)31(37,38)39)16-11-17(16)30(27,35)36/h2*3-8,10,16-17,19H,9,11-12H2,1-2H3,(H,41,48)(H,43,44)/t16-,17+,19+;16-,17+,19-/m00/s1. The van der Waals surface area contributed by atoms with E-state index in [0.29, 0.717) is 21.5 Å². The maximum absolute atomic E-state index is 15.2. The molecule has 0 spiro atoms. The summed E-state index contributed by atoms with van der Waals surface area (Å²) in [5, 5.41) is 20.2. The normalized spacial score (nSPS) is 18.3. The topological polar surface area (TPSA) is 292 Å². The maximum atomic E-state index is 15.2. The van der Waals surface area contributed by atoms with Crippen LogP contribution in [0.1, 0.15) is 93.4 Å². The number of halogens is 16. The number of fused-ring (bicyclic) bond motifs is 8. The summed E-state index contributed by atoms with van der Waals surface area (Å²) in [4.78, 5) is 63.0. The summed E-state index contributed by atoms with van der Waals surface area (Å²) in [7, 11) is -4.90. The van der Waals surface area contributed by atoms with Gasteiger partial charge in [0.1, 0.15) is 59.4 Å². The number of anilines is 2. The van der Waals surface area contributed by atoms with E-state index in [0.717, 1.165) is 70.4 Å². The zero-order valence-electron chi connectivity index (χ0n) is 53.3. The lowest BCUT2D eigenvalue weighted by molar-refractivity contribution is -0.143. The molecule has 0 aliphatic heterocycles. The van der Waals surface area contributed by atoms with Gasteiger partial charge in [-0.1, -0.05) is 23.2 Å². The number of amides is 2. The molecule has 6 aromatic heterocycles. The fraction of sp³-hybridized carbons (Fsp3) is 0.323. The van der Waals surface area contributed by atoms with E-state index >= 15 is 17.6 Å². The average Bonchev–Trinajstić information content (AvgIpc) is 1.52. The molecular weight excluding hydrogens is 1500 g/mol. The van der Waals surface area contributed by atoms with Gasteiger partial charge in [-0.3, -0.25) is 56.5 Å². The largest absolute Gasteiger partial charge is 0.435 e.